The lowest BCUT2D eigenvalue weighted by Crippen LogP contribution is -2.74. The SMILES string of the molecule is CCOC1CC(N)(C(=O)Nc2ccc(Oc3ccccc3)nc2)C1(C)C. The highest BCUT2D eigenvalue weighted by molar-refractivity contribution is 5.99. The number of amides is 1. The molecule has 2 atom stereocenters. The van der Waals surface area contributed by atoms with Gasteiger partial charge in [0.25, 0.3) is 0 Å². The number of hydrogen-bond acceptors (Lipinski definition) is 5. The van der Waals surface area contributed by atoms with Crippen LogP contribution in [0.2, 0.25) is 0 Å². The number of aromatic nitrogens is 1. The van der Waals surface area contributed by atoms with E-state index in [2.05, 4.69) is 10.3 Å². The Kier molecular flexibility index (Phi) is 4.98. The van der Waals surface area contributed by atoms with Crippen molar-refractivity contribution in [2.45, 2.75) is 38.8 Å². The number of nitrogens with zero attached hydrogens (tertiary/aromatic N) is 1. The normalized spacial score (nSPS) is 23.8. The molecule has 1 fully saturated rings. The van der Waals surface area contributed by atoms with Crippen LogP contribution in [-0.2, 0) is 9.53 Å². The average Bonchev–Trinajstić information content (AvgIpc) is 2.64. The zero-order chi connectivity index (χ0) is 18.8. The minimum absolute atomic E-state index is 0.0111. The van der Waals surface area contributed by atoms with E-state index in [1.807, 2.05) is 51.1 Å². The van der Waals surface area contributed by atoms with Gasteiger partial charge in [-0.05, 0) is 25.1 Å². The smallest absolute Gasteiger partial charge is 0.245 e. The van der Waals surface area contributed by atoms with Crippen molar-refractivity contribution in [2.24, 2.45) is 11.1 Å². The number of ether oxygens (including phenoxy) is 2. The van der Waals surface area contributed by atoms with Crippen LogP contribution in [0, 0.1) is 5.41 Å². The summed E-state index contributed by atoms with van der Waals surface area (Å²) in [6.07, 6.45) is 2.05. The van der Waals surface area contributed by atoms with E-state index in [-0.39, 0.29) is 12.0 Å². The Morgan fingerprint density at radius 3 is 2.58 bits per heavy atom. The molecule has 0 radical (unpaired) electrons. The van der Waals surface area contributed by atoms with E-state index in [4.69, 9.17) is 15.2 Å². The molecule has 1 heterocycles. The van der Waals surface area contributed by atoms with E-state index < -0.39 is 11.0 Å². The number of nitrogens with one attached hydrogen (secondary N) is 1. The molecule has 2 aromatic rings. The molecule has 1 amide bonds. The lowest BCUT2D eigenvalue weighted by atomic mass is 9.54. The first kappa shape index (κ1) is 18.4. The molecule has 6 heteroatoms. The third-order valence-corrected chi connectivity index (χ3v) is 5.19. The molecule has 6 nitrogen and oxygen atoms in total. The van der Waals surface area contributed by atoms with Gasteiger partial charge < -0.3 is 20.5 Å². The molecule has 1 aliphatic rings. The highest BCUT2D eigenvalue weighted by Gasteiger charge is 2.62. The predicted octanol–water partition coefficient (Wildman–Crippen LogP) is 3.34. The summed E-state index contributed by atoms with van der Waals surface area (Å²) in [7, 11) is 0. The maximum absolute atomic E-state index is 12.7. The van der Waals surface area contributed by atoms with Crippen LogP contribution in [0.25, 0.3) is 0 Å². The Morgan fingerprint density at radius 2 is 2.00 bits per heavy atom. The number of rotatable bonds is 6. The number of carbonyl (C=O) groups is 1. The molecule has 26 heavy (non-hydrogen) atoms. The van der Waals surface area contributed by atoms with Crippen molar-refractivity contribution in [2.75, 3.05) is 11.9 Å². The fraction of sp³-hybridized carbons (Fsp3) is 0.400. The van der Waals surface area contributed by atoms with E-state index in [0.29, 0.717) is 30.3 Å². The molecule has 0 spiro atoms. The number of para-hydroxylation sites is 1. The van der Waals surface area contributed by atoms with Gasteiger partial charge in [0.1, 0.15) is 11.3 Å². The van der Waals surface area contributed by atoms with Crippen LogP contribution in [0.3, 0.4) is 0 Å². The van der Waals surface area contributed by atoms with Gasteiger partial charge in [-0.15, -0.1) is 0 Å². The van der Waals surface area contributed by atoms with Crippen molar-refractivity contribution >= 4 is 11.6 Å². The van der Waals surface area contributed by atoms with Crippen molar-refractivity contribution in [1.29, 1.82) is 0 Å². The van der Waals surface area contributed by atoms with Crippen LogP contribution in [0.4, 0.5) is 5.69 Å². The van der Waals surface area contributed by atoms with Crippen molar-refractivity contribution in [3.05, 3.63) is 48.7 Å². The van der Waals surface area contributed by atoms with E-state index >= 15 is 0 Å². The number of pyridine rings is 1. The molecule has 3 N–H and O–H groups in total. The molecule has 0 saturated heterocycles. The third-order valence-electron chi connectivity index (χ3n) is 5.19. The Balaban J connectivity index is 1.63. The lowest BCUT2D eigenvalue weighted by molar-refractivity contribution is -0.166. The fourth-order valence-electron chi connectivity index (χ4n) is 3.19. The summed E-state index contributed by atoms with van der Waals surface area (Å²) in [6, 6.07) is 12.9. The molecule has 1 saturated carbocycles. The molecular weight excluding hydrogens is 330 g/mol. The van der Waals surface area contributed by atoms with Crippen LogP contribution in [0.5, 0.6) is 11.6 Å². The van der Waals surface area contributed by atoms with E-state index in [0.717, 1.165) is 0 Å². The summed E-state index contributed by atoms with van der Waals surface area (Å²) >= 11 is 0. The zero-order valence-corrected chi connectivity index (χ0v) is 15.4. The van der Waals surface area contributed by atoms with Crippen LogP contribution >= 0.6 is 0 Å². The van der Waals surface area contributed by atoms with Crippen molar-refractivity contribution in [1.82, 2.24) is 4.98 Å². The topological polar surface area (TPSA) is 86.5 Å². The molecule has 2 unspecified atom stereocenters. The van der Waals surface area contributed by atoms with Crippen LogP contribution < -0.4 is 15.8 Å². The first-order chi connectivity index (χ1) is 12.4. The predicted molar refractivity (Wildman–Crippen MR) is 100 cm³/mol. The fourth-order valence-corrected chi connectivity index (χ4v) is 3.19. The summed E-state index contributed by atoms with van der Waals surface area (Å²) in [4.78, 5) is 16.9. The maximum atomic E-state index is 12.7. The summed E-state index contributed by atoms with van der Waals surface area (Å²) in [5.41, 5.74) is 5.57. The molecule has 0 bridgehead atoms. The van der Waals surface area contributed by atoms with Gasteiger partial charge in [0, 0.05) is 24.5 Å². The number of anilines is 1. The molecule has 3 rings (SSSR count). The Labute approximate surface area is 153 Å². The largest absolute Gasteiger partial charge is 0.439 e. The van der Waals surface area contributed by atoms with Gasteiger partial charge in [-0.2, -0.15) is 0 Å². The average molecular weight is 355 g/mol. The number of carbonyl (C=O) groups excluding carboxylic acids is 1. The van der Waals surface area contributed by atoms with Gasteiger partial charge in [0.2, 0.25) is 11.8 Å². The van der Waals surface area contributed by atoms with E-state index in [1.54, 1.807) is 18.3 Å². The van der Waals surface area contributed by atoms with E-state index in [1.165, 1.54) is 0 Å². The van der Waals surface area contributed by atoms with Crippen LogP contribution in [0.1, 0.15) is 27.2 Å². The van der Waals surface area contributed by atoms with Crippen molar-refractivity contribution < 1.29 is 14.3 Å². The maximum Gasteiger partial charge on any atom is 0.245 e. The van der Waals surface area contributed by atoms with Gasteiger partial charge in [0.05, 0.1) is 18.0 Å². The Bertz CT molecular complexity index is 762. The minimum Gasteiger partial charge on any atom is -0.439 e. The second kappa shape index (κ2) is 7.05. The van der Waals surface area contributed by atoms with Crippen molar-refractivity contribution in [3.63, 3.8) is 0 Å². The summed E-state index contributed by atoms with van der Waals surface area (Å²) in [6.45, 7) is 6.48. The van der Waals surface area contributed by atoms with E-state index in [9.17, 15) is 4.79 Å². The van der Waals surface area contributed by atoms with Crippen LogP contribution in [-0.4, -0.2) is 29.1 Å². The number of benzene rings is 1. The molecular formula is C20H25N3O3. The highest BCUT2D eigenvalue weighted by Crippen LogP contribution is 2.50. The monoisotopic (exact) mass is 355 g/mol. The second-order valence-corrected chi connectivity index (χ2v) is 7.10. The third kappa shape index (κ3) is 3.30. The van der Waals surface area contributed by atoms with Gasteiger partial charge >= 0.3 is 0 Å². The molecule has 0 aliphatic heterocycles. The molecule has 138 valence electrons. The lowest BCUT2D eigenvalue weighted by Gasteiger charge is -2.57. The summed E-state index contributed by atoms with van der Waals surface area (Å²) in [5.74, 6) is 0.935. The number of hydrogen-bond donors (Lipinski definition) is 2. The van der Waals surface area contributed by atoms with Gasteiger partial charge in [0.15, 0.2) is 0 Å². The van der Waals surface area contributed by atoms with Gasteiger partial charge in [-0.1, -0.05) is 32.0 Å². The molecule has 1 aromatic heterocycles. The summed E-state index contributed by atoms with van der Waals surface area (Å²) < 4.78 is 11.3. The van der Waals surface area contributed by atoms with Gasteiger partial charge in [-0.3, -0.25) is 4.79 Å². The number of nitrogens with two attached hydrogens (primary N) is 1. The molecule has 1 aliphatic carbocycles. The first-order valence-electron chi connectivity index (χ1n) is 8.77. The molecule has 1 aromatic carbocycles. The minimum atomic E-state index is -0.966. The Hall–Kier alpha value is -2.44. The second-order valence-electron chi connectivity index (χ2n) is 7.10. The van der Waals surface area contributed by atoms with Gasteiger partial charge in [-0.25, -0.2) is 4.98 Å². The highest BCUT2D eigenvalue weighted by atomic mass is 16.5. The van der Waals surface area contributed by atoms with Crippen LogP contribution in [0.15, 0.2) is 48.7 Å². The standard InChI is InChI=1S/C20H25N3O3/c1-4-25-16-12-20(21,19(16,2)3)18(24)23-14-10-11-17(22-13-14)26-15-8-6-5-7-9-15/h5-11,13,16H,4,12,21H2,1-3H3,(H,23,24). The zero-order valence-electron chi connectivity index (χ0n) is 15.4. The van der Waals surface area contributed by atoms with Crippen molar-refractivity contribution in [3.8, 4) is 11.6 Å². The first-order valence-corrected chi connectivity index (χ1v) is 8.77. The Morgan fingerprint density at radius 1 is 1.27 bits per heavy atom. The summed E-state index contributed by atoms with van der Waals surface area (Å²) in [5, 5.41) is 2.86. The quantitative estimate of drug-likeness (QED) is 0.830.